The Balaban J connectivity index is 2.18. The first-order chi connectivity index (χ1) is 9.49. The Hall–Kier alpha value is -1.43. The summed E-state index contributed by atoms with van der Waals surface area (Å²) >= 11 is 16.0. The molecule has 0 aliphatic rings. The zero-order chi connectivity index (χ0) is 14.7. The molecule has 0 unspecified atom stereocenters. The predicted octanol–water partition coefficient (Wildman–Crippen LogP) is 4.58. The van der Waals surface area contributed by atoms with Crippen LogP contribution in [0.5, 0.6) is 0 Å². The first-order valence-corrected chi connectivity index (χ1v) is 6.81. The largest absolute Gasteiger partial charge is 0.337 e. The predicted molar refractivity (Wildman–Crippen MR) is 85.9 cm³/mol. The van der Waals surface area contributed by atoms with Crippen LogP contribution in [-0.2, 0) is 0 Å². The van der Waals surface area contributed by atoms with Crippen LogP contribution in [0.3, 0.4) is 0 Å². The zero-order valence-corrected chi connectivity index (χ0v) is 12.9. The Morgan fingerprint density at radius 2 is 2.05 bits per heavy atom. The van der Waals surface area contributed by atoms with Crippen LogP contribution in [0.1, 0.15) is 5.56 Å². The lowest BCUT2D eigenvalue weighted by molar-refractivity contribution is 0.260. The summed E-state index contributed by atoms with van der Waals surface area (Å²) in [6.45, 7) is 1.85. The Morgan fingerprint density at radius 1 is 1.30 bits per heavy atom. The third kappa shape index (κ3) is 3.36. The van der Waals surface area contributed by atoms with Gasteiger partial charge in [-0.05, 0) is 30.7 Å². The van der Waals surface area contributed by atoms with Crippen LogP contribution in [0.2, 0.25) is 10.0 Å². The summed E-state index contributed by atoms with van der Waals surface area (Å²) in [7, 11) is 0. The zero-order valence-electron chi connectivity index (χ0n) is 10.5. The first kappa shape index (κ1) is 15.0. The van der Waals surface area contributed by atoms with Gasteiger partial charge < -0.3 is 0 Å². The Morgan fingerprint density at radius 3 is 2.65 bits per heavy atom. The number of aromatic nitrogens is 1. The third-order valence-corrected chi connectivity index (χ3v) is 3.47. The lowest BCUT2D eigenvalue weighted by atomic mass is 10.2. The smallest absolute Gasteiger partial charge is 0.291 e. The number of benzene rings is 1. The average molecular weight is 328 g/mol. The number of pyridine rings is 1. The van der Waals surface area contributed by atoms with Gasteiger partial charge in [0.2, 0.25) is 0 Å². The van der Waals surface area contributed by atoms with Crippen LogP contribution in [0.15, 0.2) is 36.5 Å². The lowest BCUT2D eigenvalue weighted by Crippen LogP contribution is -2.27. The maximum atomic E-state index is 12.1. The molecule has 0 spiro atoms. The molecule has 4 nitrogen and oxygen atoms in total. The number of thiol groups is 1. The number of carbonyl (C=O) groups is 1. The fourth-order valence-electron chi connectivity index (χ4n) is 1.61. The molecule has 7 heteroatoms. The molecule has 104 valence electrons. The van der Waals surface area contributed by atoms with Crippen molar-refractivity contribution in [3.63, 3.8) is 0 Å². The fraction of sp³-hybridized carbons (Fsp3) is 0.0769. The molecule has 1 N–H and O–H groups in total. The molecule has 0 radical (unpaired) electrons. The average Bonchev–Trinajstić information content (AvgIpc) is 2.41. The summed E-state index contributed by atoms with van der Waals surface area (Å²) in [6.07, 6.45) is 1.45. The van der Waals surface area contributed by atoms with Gasteiger partial charge in [0.15, 0.2) is 0 Å². The molecule has 0 saturated heterocycles. The summed E-state index contributed by atoms with van der Waals surface area (Å²) in [5.41, 5.74) is 1.37. The molecule has 1 aromatic carbocycles. The molecule has 1 heterocycles. The molecule has 0 atom stereocenters. The SMILES string of the molecule is Cc1cccc(Cl)c1N(S)C(=O)Nc1ccc(Cl)cn1. The van der Waals surface area contributed by atoms with Crippen molar-refractivity contribution >= 4 is 53.6 Å². The van der Waals surface area contributed by atoms with Crippen molar-refractivity contribution in [2.45, 2.75) is 6.92 Å². The molecule has 0 fully saturated rings. The fourth-order valence-corrected chi connectivity index (χ4v) is 2.40. The van der Waals surface area contributed by atoms with Crippen LogP contribution in [0.4, 0.5) is 16.3 Å². The summed E-state index contributed by atoms with van der Waals surface area (Å²) < 4.78 is 1.15. The molecule has 0 bridgehead atoms. The second-order valence-corrected chi connectivity index (χ2v) is 5.25. The number of rotatable bonds is 2. The Kier molecular flexibility index (Phi) is 4.75. The summed E-state index contributed by atoms with van der Waals surface area (Å²) in [6, 6.07) is 8.12. The number of hydrogen-bond donors (Lipinski definition) is 2. The van der Waals surface area contributed by atoms with Crippen molar-refractivity contribution in [3.05, 3.63) is 52.1 Å². The number of amides is 2. The Labute approximate surface area is 132 Å². The van der Waals surface area contributed by atoms with Crippen LogP contribution in [0, 0.1) is 6.92 Å². The minimum absolute atomic E-state index is 0.378. The Bertz CT molecular complexity index is 614. The van der Waals surface area contributed by atoms with Crippen LogP contribution >= 0.6 is 36.0 Å². The van der Waals surface area contributed by atoms with E-state index in [2.05, 4.69) is 23.1 Å². The van der Waals surface area contributed by atoms with E-state index < -0.39 is 6.03 Å². The van der Waals surface area contributed by atoms with Crippen molar-refractivity contribution in [2.75, 3.05) is 9.62 Å². The van der Waals surface area contributed by atoms with E-state index in [9.17, 15) is 4.79 Å². The van der Waals surface area contributed by atoms with Gasteiger partial charge in [0, 0.05) is 6.20 Å². The molecule has 2 amide bonds. The highest BCUT2D eigenvalue weighted by Crippen LogP contribution is 2.31. The van der Waals surface area contributed by atoms with Crippen LogP contribution in [0.25, 0.3) is 0 Å². The van der Waals surface area contributed by atoms with E-state index >= 15 is 0 Å². The summed E-state index contributed by atoms with van der Waals surface area (Å²) in [5, 5.41) is 3.54. The van der Waals surface area contributed by atoms with E-state index in [1.807, 2.05) is 13.0 Å². The highest BCUT2D eigenvalue weighted by Gasteiger charge is 2.17. The molecular weight excluding hydrogens is 317 g/mol. The molecular formula is C13H11Cl2N3OS. The molecule has 2 rings (SSSR count). The number of carbonyl (C=O) groups excluding carboxylic acids is 1. The number of nitrogens with zero attached hydrogens (tertiary/aromatic N) is 2. The van der Waals surface area contributed by atoms with Gasteiger partial charge in [0.25, 0.3) is 0 Å². The molecule has 0 saturated carbocycles. The number of hydrogen-bond acceptors (Lipinski definition) is 3. The number of anilines is 2. The van der Waals surface area contributed by atoms with Crippen molar-refractivity contribution in [2.24, 2.45) is 0 Å². The third-order valence-electron chi connectivity index (χ3n) is 2.56. The van der Waals surface area contributed by atoms with Gasteiger partial charge in [-0.1, -0.05) is 48.1 Å². The quantitative estimate of drug-likeness (QED) is 0.793. The van der Waals surface area contributed by atoms with E-state index in [0.717, 1.165) is 9.87 Å². The van der Waals surface area contributed by atoms with Gasteiger partial charge in [-0.2, -0.15) is 0 Å². The molecule has 0 aliphatic carbocycles. The van der Waals surface area contributed by atoms with Crippen molar-refractivity contribution in [3.8, 4) is 0 Å². The van der Waals surface area contributed by atoms with Crippen LogP contribution in [-0.4, -0.2) is 11.0 Å². The second-order valence-electron chi connectivity index (χ2n) is 4.01. The van der Waals surface area contributed by atoms with Gasteiger partial charge in [0.05, 0.1) is 15.7 Å². The van der Waals surface area contributed by atoms with E-state index in [-0.39, 0.29) is 0 Å². The number of urea groups is 1. The monoisotopic (exact) mass is 327 g/mol. The maximum Gasteiger partial charge on any atom is 0.337 e. The second kappa shape index (κ2) is 6.35. The number of aryl methyl sites for hydroxylation is 1. The van der Waals surface area contributed by atoms with Gasteiger partial charge in [-0.15, -0.1) is 0 Å². The van der Waals surface area contributed by atoms with Crippen molar-refractivity contribution in [1.82, 2.24) is 4.98 Å². The highest BCUT2D eigenvalue weighted by molar-refractivity contribution is 7.82. The molecule has 20 heavy (non-hydrogen) atoms. The molecule has 2 aromatic rings. The standard InChI is InChI=1S/C13H11Cl2N3OS/c1-8-3-2-4-10(15)12(8)18(20)13(19)17-11-6-5-9(14)7-16-11/h2-7,20H,1H3,(H,16,17,19). The topological polar surface area (TPSA) is 45.2 Å². The van der Waals surface area contributed by atoms with E-state index in [1.165, 1.54) is 6.20 Å². The molecule has 0 aliphatic heterocycles. The number of halogens is 2. The molecule has 1 aromatic heterocycles. The van der Waals surface area contributed by atoms with Gasteiger partial charge in [-0.25, -0.2) is 14.1 Å². The normalized spacial score (nSPS) is 10.2. The number of para-hydroxylation sites is 1. The first-order valence-electron chi connectivity index (χ1n) is 5.65. The maximum absolute atomic E-state index is 12.1. The summed E-state index contributed by atoms with van der Waals surface area (Å²) in [5.74, 6) is 0.378. The van der Waals surface area contributed by atoms with Crippen molar-refractivity contribution < 1.29 is 4.79 Å². The van der Waals surface area contributed by atoms with E-state index in [1.54, 1.807) is 24.3 Å². The minimum atomic E-state index is -0.459. The van der Waals surface area contributed by atoms with Gasteiger partial charge in [-0.3, -0.25) is 5.32 Å². The van der Waals surface area contributed by atoms with Crippen LogP contribution < -0.4 is 9.62 Å². The van der Waals surface area contributed by atoms with Gasteiger partial charge in [0.1, 0.15) is 5.82 Å². The van der Waals surface area contributed by atoms with Crippen molar-refractivity contribution in [1.29, 1.82) is 0 Å². The minimum Gasteiger partial charge on any atom is -0.291 e. The van der Waals surface area contributed by atoms with Gasteiger partial charge >= 0.3 is 6.03 Å². The van der Waals surface area contributed by atoms with E-state index in [4.69, 9.17) is 23.2 Å². The lowest BCUT2D eigenvalue weighted by Gasteiger charge is -2.19. The summed E-state index contributed by atoms with van der Waals surface area (Å²) in [4.78, 5) is 16.1. The number of nitrogens with one attached hydrogen (secondary N) is 1. The highest BCUT2D eigenvalue weighted by atomic mass is 35.5. The van der Waals surface area contributed by atoms with E-state index in [0.29, 0.717) is 21.6 Å².